The highest BCUT2D eigenvalue weighted by atomic mass is 35.5. The Kier molecular flexibility index (Phi) is 4.86. The van der Waals surface area contributed by atoms with Gasteiger partial charge >= 0.3 is 0 Å². The fraction of sp³-hybridized carbons (Fsp3) is 0.600. The van der Waals surface area contributed by atoms with Crippen molar-refractivity contribution in [3.05, 3.63) is 33.7 Å². The molecule has 0 aliphatic heterocycles. The van der Waals surface area contributed by atoms with Crippen LogP contribution in [0.2, 0.25) is 0 Å². The van der Waals surface area contributed by atoms with Gasteiger partial charge in [0.15, 0.2) is 5.43 Å². The van der Waals surface area contributed by atoms with Gasteiger partial charge in [0.25, 0.3) is 5.91 Å². The predicted molar refractivity (Wildman–Crippen MR) is 80.4 cm³/mol. The lowest BCUT2D eigenvalue weighted by Gasteiger charge is -2.35. The van der Waals surface area contributed by atoms with Gasteiger partial charge in [0.2, 0.25) is 0 Å². The monoisotopic (exact) mass is 296 g/mol. The summed E-state index contributed by atoms with van der Waals surface area (Å²) in [4.78, 5) is 26.8. The molecular formula is C15H21ClN2O2. The number of aromatic amines is 1. The lowest BCUT2D eigenvalue weighted by Crippen LogP contribution is -2.41. The van der Waals surface area contributed by atoms with Crippen molar-refractivity contribution in [3.63, 3.8) is 0 Å². The zero-order valence-electron chi connectivity index (χ0n) is 11.8. The van der Waals surface area contributed by atoms with Crippen LogP contribution >= 0.6 is 11.6 Å². The summed E-state index contributed by atoms with van der Waals surface area (Å²) in [7, 11) is 0. The number of aryl methyl sites for hydroxylation is 1. The predicted octanol–water partition coefficient (Wildman–Crippen LogP) is 2.60. The number of hydrogen-bond acceptors (Lipinski definition) is 2. The molecule has 0 bridgehead atoms. The van der Waals surface area contributed by atoms with Gasteiger partial charge in [0, 0.05) is 35.8 Å². The van der Waals surface area contributed by atoms with Crippen LogP contribution in [0.15, 0.2) is 17.1 Å². The van der Waals surface area contributed by atoms with Gasteiger partial charge in [-0.2, -0.15) is 0 Å². The number of pyridine rings is 1. The topological polar surface area (TPSA) is 62.0 Å². The minimum absolute atomic E-state index is 0.00702. The Bertz CT molecular complexity index is 533. The Balaban J connectivity index is 2.02. The fourth-order valence-electron chi connectivity index (χ4n) is 2.77. The largest absolute Gasteiger partial charge is 0.364 e. The quantitative estimate of drug-likeness (QED) is 0.839. The van der Waals surface area contributed by atoms with Crippen molar-refractivity contribution in [1.29, 1.82) is 0 Å². The molecule has 1 aliphatic rings. The summed E-state index contributed by atoms with van der Waals surface area (Å²) < 4.78 is 0. The van der Waals surface area contributed by atoms with Gasteiger partial charge in [0.1, 0.15) is 5.56 Å². The first-order valence-corrected chi connectivity index (χ1v) is 7.63. The highest BCUT2D eigenvalue weighted by molar-refractivity contribution is 6.18. The van der Waals surface area contributed by atoms with Gasteiger partial charge in [-0.15, -0.1) is 11.6 Å². The number of carbonyl (C=O) groups excluding carboxylic acids is 1. The number of rotatable bonds is 4. The molecule has 1 aromatic heterocycles. The van der Waals surface area contributed by atoms with Crippen LogP contribution < -0.4 is 10.7 Å². The molecule has 1 aromatic rings. The molecule has 20 heavy (non-hydrogen) atoms. The number of alkyl halides is 1. The maximum atomic E-state index is 12.1. The molecule has 5 heteroatoms. The summed E-state index contributed by atoms with van der Waals surface area (Å²) in [6.45, 7) is 2.33. The molecule has 0 aromatic carbocycles. The lowest BCUT2D eigenvalue weighted by atomic mass is 9.75. The van der Waals surface area contributed by atoms with E-state index in [0.717, 1.165) is 31.4 Å². The van der Waals surface area contributed by atoms with Crippen molar-refractivity contribution in [2.75, 3.05) is 12.4 Å². The molecule has 2 rings (SSSR count). The van der Waals surface area contributed by atoms with Crippen LogP contribution in [-0.4, -0.2) is 23.3 Å². The smallest absolute Gasteiger partial charge is 0.256 e. The number of halogens is 1. The average molecular weight is 297 g/mol. The molecule has 1 saturated carbocycles. The van der Waals surface area contributed by atoms with E-state index in [2.05, 4.69) is 10.3 Å². The lowest BCUT2D eigenvalue weighted by molar-refractivity contribution is 0.0919. The minimum Gasteiger partial charge on any atom is -0.364 e. The number of H-pyrrole nitrogens is 1. The van der Waals surface area contributed by atoms with Crippen LogP contribution in [0.3, 0.4) is 0 Å². The van der Waals surface area contributed by atoms with Crippen molar-refractivity contribution >= 4 is 17.5 Å². The van der Waals surface area contributed by atoms with Crippen LogP contribution in [0.1, 0.15) is 48.2 Å². The average Bonchev–Trinajstić information content (AvgIpc) is 2.46. The van der Waals surface area contributed by atoms with E-state index in [-0.39, 0.29) is 22.3 Å². The molecule has 0 radical (unpaired) electrons. The molecule has 2 N–H and O–H groups in total. The molecule has 4 nitrogen and oxygen atoms in total. The van der Waals surface area contributed by atoms with Gasteiger partial charge in [-0.1, -0.05) is 19.3 Å². The fourth-order valence-corrected chi connectivity index (χ4v) is 3.13. The van der Waals surface area contributed by atoms with Crippen molar-refractivity contribution < 1.29 is 4.79 Å². The first-order valence-electron chi connectivity index (χ1n) is 7.10. The SMILES string of the molecule is Cc1cc(=O)c(C(=O)NCC2(CCl)CCCCC2)c[nH]1. The Labute approximate surface area is 123 Å². The molecule has 0 saturated heterocycles. The minimum atomic E-state index is -0.318. The third kappa shape index (κ3) is 3.42. The first kappa shape index (κ1) is 15.1. The Hall–Kier alpha value is -1.29. The first-order chi connectivity index (χ1) is 9.56. The number of nitrogens with one attached hydrogen (secondary N) is 2. The van der Waals surface area contributed by atoms with Crippen LogP contribution in [0.25, 0.3) is 0 Å². The Morgan fingerprint density at radius 2 is 2.10 bits per heavy atom. The number of aromatic nitrogens is 1. The van der Waals surface area contributed by atoms with Crippen LogP contribution in [0.4, 0.5) is 0 Å². The van der Waals surface area contributed by atoms with Crippen LogP contribution in [-0.2, 0) is 0 Å². The number of amides is 1. The van der Waals surface area contributed by atoms with Crippen molar-refractivity contribution in [2.24, 2.45) is 5.41 Å². The molecule has 0 atom stereocenters. The normalized spacial score (nSPS) is 17.7. The van der Waals surface area contributed by atoms with Gasteiger partial charge in [-0.25, -0.2) is 0 Å². The second-order valence-corrected chi connectivity index (χ2v) is 6.04. The molecule has 1 amide bonds. The van der Waals surface area contributed by atoms with E-state index in [1.165, 1.54) is 18.7 Å². The molecule has 1 aliphatic carbocycles. The number of carbonyl (C=O) groups is 1. The van der Waals surface area contributed by atoms with Gasteiger partial charge in [-0.3, -0.25) is 9.59 Å². The summed E-state index contributed by atoms with van der Waals surface area (Å²) in [5.41, 5.74) is 0.655. The summed E-state index contributed by atoms with van der Waals surface area (Å²) in [5.74, 6) is 0.235. The Morgan fingerprint density at radius 3 is 2.70 bits per heavy atom. The van der Waals surface area contributed by atoms with Crippen LogP contribution in [0.5, 0.6) is 0 Å². The summed E-state index contributed by atoms with van der Waals surface area (Å²) in [6, 6.07) is 1.44. The van der Waals surface area contributed by atoms with Crippen molar-refractivity contribution in [1.82, 2.24) is 10.3 Å². The molecule has 1 heterocycles. The second kappa shape index (κ2) is 6.44. The van der Waals surface area contributed by atoms with E-state index >= 15 is 0 Å². The molecule has 110 valence electrons. The maximum Gasteiger partial charge on any atom is 0.256 e. The highest BCUT2D eigenvalue weighted by Gasteiger charge is 2.31. The van der Waals surface area contributed by atoms with Gasteiger partial charge < -0.3 is 10.3 Å². The van der Waals surface area contributed by atoms with Crippen LogP contribution in [0, 0.1) is 12.3 Å². The molecule has 0 spiro atoms. The van der Waals surface area contributed by atoms with Crippen molar-refractivity contribution in [3.8, 4) is 0 Å². The van der Waals surface area contributed by atoms with Gasteiger partial charge in [0.05, 0.1) is 0 Å². The zero-order chi connectivity index (χ0) is 14.6. The van der Waals surface area contributed by atoms with E-state index in [9.17, 15) is 9.59 Å². The standard InChI is InChI=1S/C15H21ClN2O2/c1-11-7-13(19)12(8-17-11)14(20)18-10-15(9-16)5-3-2-4-6-15/h7-8H,2-6,9-10H2,1H3,(H,17,19)(H,18,20). The third-order valence-corrected chi connectivity index (χ3v) is 4.69. The summed E-state index contributed by atoms with van der Waals surface area (Å²) >= 11 is 6.10. The zero-order valence-corrected chi connectivity index (χ0v) is 12.6. The molecule has 1 fully saturated rings. The Morgan fingerprint density at radius 1 is 1.40 bits per heavy atom. The van der Waals surface area contributed by atoms with Gasteiger partial charge in [-0.05, 0) is 19.8 Å². The van der Waals surface area contributed by atoms with E-state index in [1.807, 2.05) is 0 Å². The van der Waals surface area contributed by atoms with E-state index in [0.29, 0.717) is 12.4 Å². The molecule has 0 unspecified atom stereocenters. The third-order valence-electron chi connectivity index (χ3n) is 4.12. The van der Waals surface area contributed by atoms with E-state index in [4.69, 9.17) is 11.6 Å². The molecular weight excluding hydrogens is 276 g/mol. The van der Waals surface area contributed by atoms with E-state index in [1.54, 1.807) is 6.92 Å². The van der Waals surface area contributed by atoms with E-state index < -0.39 is 0 Å². The summed E-state index contributed by atoms with van der Waals surface area (Å²) in [5, 5.41) is 2.88. The highest BCUT2D eigenvalue weighted by Crippen LogP contribution is 2.36. The van der Waals surface area contributed by atoms with Crippen molar-refractivity contribution in [2.45, 2.75) is 39.0 Å². The second-order valence-electron chi connectivity index (χ2n) is 5.77. The summed E-state index contributed by atoms with van der Waals surface area (Å²) in [6.07, 6.45) is 7.12. The number of hydrogen-bond donors (Lipinski definition) is 2. The maximum absolute atomic E-state index is 12.1.